The second-order valence-corrected chi connectivity index (χ2v) is 11.0. The fraction of sp³-hybridized carbons (Fsp3) is 0.833. The van der Waals surface area contributed by atoms with Crippen LogP contribution in [-0.2, 0) is 9.59 Å². The number of carbonyl (C=O) groups excluding carboxylic acids is 2. The summed E-state index contributed by atoms with van der Waals surface area (Å²) in [4.78, 5) is 25.0. The van der Waals surface area contributed by atoms with Gasteiger partial charge in [0.15, 0.2) is 0 Å². The summed E-state index contributed by atoms with van der Waals surface area (Å²) in [6.45, 7) is 9.02. The van der Waals surface area contributed by atoms with Crippen LogP contribution in [0, 0.1) is 34.5 Å². The Morgan fingerprint density at radius 3 is 2.45 bits per heavy atom. The number of hydrogen-bond acceptors (Lipinski definition) is 2. The molecule has 0 radical (unpaired) electrons. The second kappa shape index (κ2) is 7.51. The molecule has 1 heterocycles. The molecule has 4 fully saturated rings. The number of rotatable bonds is 3. The Balaban J connectivity index is 1.49. The maximum absolute atomic E-state index is 13.1. The summed E-state index contributed by atoms with van der Waals surface area (Å²) >= 11 is 0. The van der Waals surface area contributed by atoms with E-state index in [-0.39, 0.29) is 34.6 Å². The van der Waals surface area contributed by atoms with Crippen molar-refractivity contribution in [1.29, 1.82) is 0 Å². The molecule has 0 aromatic heterocycles. The largest absolute Gasteiger partial charge is 0.414 e. The Morgan fingerprint density at radius 1 is 1.10 bits per heavy atom. The van der Waals surface area contributed by atoms with E-state index < -0.39 is 17.8 Å². The highest BCUT2D eigenvalue weighted by molar-refractivity contribution is 5.80. The average molecular weight is 441 g/mol. The van der Waals surface area contributed by atoms with Crippen molar-refractivity contribution in [3.63, 3.8) is 0 Å². The first-order valence-corrected chi connectivity index (χ1v) is 11.7. The van der Waals surface area contributed by atoms with Gasteiger partial charge in [-0.2, -0.15) is 13.2 Å². The third-order valence-corrected chi connectivity index (χ3v) is 9.66. The number of hydrogen-bond donors (Lipinski definition) is 2. The molecule has 4 aliphatic rings. The SMILES string of the molecule is C=C(C(C)NC(=O)C1CC[C@H]2[C@@H]3CCC4NC(=O)CC[C@]4(C)[C@@H]3CC[C@]12C)C(F)(F)F. The first-order valence-electron chi connectivity index (χ1n) is 11.7. The zero-order valence-electron chi connectivity index (χ0n) is 18.8. The van der Waals surface area contributed by atoms with Crippen molar-refractivity contribution in [2.45, 2.75) is 90.4 Å². The van der Waals surface area contributed by atoms with Crippen molar-refractivity contribution in [2.24, 2.45) is 34.5 Å². The van der Waals surface area contributed by atoms with E-state index in [4.69, 9.17) is 0 Å². The predicted molar refractivity (Wildman–Crippen MR) is 112 cm³/mol. The molecule has 7 heteroatoms. The minimum absolute atomic E-state index is 0.109. The van der Waals surface area contributed by atoms with Gasteiger partial charge in [-0.05, 0) is 80.5 Å². The van der Waals surface area contributed by atoms with Crippen LogP contribution in [0.2, 0.25) is 0 Å². The maximum Gasteiger partial charge on any atom is 0.414 e. The van der Waals surface area contributed by atoms with E-state index in [1.807, 2.05) is 0 Å². The third kappa shape index (κ3) is 3.60. The molecule has 31 heavy (non-hydrogen) atoms. The van der Waals surface area contributed by atoms with Crippen molar-refractivity contribution in [3.8, 4) is 0 Å². The summed E-state index contributed by atoms with van der Waals surface area (Å²) in [5.41, 5.74) is -0.974. The van der Waals surface area contributed by atoms with Crippen LogP contribution < -0.4 is 10.6 Å². The fourth-order valence-corrected chi connectivity index (χ4v) is 7.78. The van der Waals surface area contributed by atoms with Crippen LogP contribution in [0.3, 0.4) is 0 Å². The molecular formula is C24H35F3N2O2. The van der Waals surface area contributed by atoms with Crippen LogP contribution >= 0.6 is 0 Å². The summed E-state index contributed by atoms with van der Waals surface area (Å²) in [7, 11) is 0. The molecule has 4 rings (SSSR count). The zero-order chi connectivity index (χ0) is 22.8. The highest BCUT2D eigenvalue weighted by Gasteiger charge is 2.61. The van der Waals surface area contributed by atoms with Gasteiger partial charge < -0.3 is 10.6 Å². The van der Waals surface area contributed by atoms with Gasteiger partial charge >= 0.3 is 6.18 Å². The first-order chi connectivity index (χ1) is 14.4. The molecule has 2 amide bonds. The highest BCUT2D eigenvalue weighted by atomic mass is 19.4. The molecular weight excluding hydrogens is 405 g/mol. The highest BCUT2D eigenvalue weighted by Crippen LogP contribution is 2.65. The van der Waals surface area contributed by atoms with Crippen LogP contribution in [0.25, 0.3) is 0 Å². The lowest BCUT2D eigenvalue weighted by atomic mass is 9.47. The molecule has 8 atom stereocenters. The van der Waals surface area contributed by atoms with Gasteiger partial charge in [0, 0.05) is 24.0 Å². The van der Waals surface area contributed by atoms with Gasteiger partial charge in [0.2, 0.25) is 11.8 Å². The molecule has 4 nitrogen and oxygen atoms in total. The minimum Gasteiger partial charge on any atom is -0.353 e. The molecule has 0 aromatic rings. The third-order valence-electron chi connectivity index (χ3n) is 9.66. The molecule has 1 saturated heterocycles. The van der Waals surface area contributed by atoms with Gasteiger partial charge in [-0.3, -0.25) is 9.59 Å². The lowest BCUT2D eigenvalue weighted by Gasteiger charge is -2.60. The monoisotopic (exact) mass is 440 g/mol. The van der Waals surface area contributed by atoms with Crippen molar-refractivity contribution in [2.75, 3.05) is 0 Å². The van der Waals surface area contributed by atoms with E-state index in [9.17, 15) is 22.8 Å². The summed E-state index contributed by atoms with van der Waals surface area (Å²) in [6, 6.07) is -0.874. The van der Waals surface area contributed by atoms with Crippen molar-refractivity contribution >= 4 is 11.8 Å². The summed E-state index contributed by atoms with van der Waals surface area (Å²) in [5, 5.41) is 5.84. The Bertz CT molecular complexity index is 781. The van der Waals surface area contributed by atoms with Gasteiger partial charge in [-0.15, -0.1) is 0 Å². The van der Waals surface area contributed by atoms with Crippen LogP contribution in [-0.4, -0.2) is 30.1 Å². The molecule has 0 aromatic carbocycles. The number of nitrogens with one attached hydrogen (secondary N) is 2. The lowest BCUT2D eigenvalue weighted by molar-refractivity contribution is -0.142. The van der Waals surface area contributed by atoms with Gasteiger partial charge in [0.25, 0.3) is 0 Å². The lowest BCUT2D eigenvalue weighted by Crippen LogP contribution is -2.61. The van der Waals surface area contributed by atoms with E-state index in [1.54, 1.807) is 0 Å². The van der Waals surface area contributed by atoms with Crippen molar-refractivity contribution in [3.05, 3.63) is 12.2 Å². The summed E-state index contributed by atoms with van der Waals surface area (Å²) in [6.07, 6.45) is 2.68. The zero-order valence-corrected chi connectivity index (χ0v) is 18.8. The van der Waals surface area contributed by atoms with Gasteiger partial charge in [-0.25, -0.2) is 0 Å². The van der Waals surface area contributed by atoms with Crippen LogP contribution in [0.5, 0.6) is 0 Å². The Morgan fingerprint density at radius 2 is 1.77 bits per heavy atom. The first kappa shape index (κ1) is 22.7. The van der Waals surface area contributed by atoms with E-state index in [0.717, 1.165) is 44.9 Å². The average Bonchev–Trinajstić information content (AvgIpc) is 3.04. The predicted octanol–water partition coefficient (Wildman–Crippen LogP) is 4.75. The topological polar surface area (TPSA) is 58.2 Å². The number of piperidine rings is 1. The van der Waals surface area contributed by atoms with E-state index in [0.29, 0.717) is 24.2 Å². The molecule has 174 valence electrons. The van der Waals surface area contributed by atoms with Gasteiger partial charge in [-0.1, -0.05) is 20.4 Å². The second-order valence-electron chi connectivity index (χ2n) is 11.0. The van der Waals surface area contributed by atoms with Crippen LogP contribution in [0.4, 0.5) is 13.2 Å². The fourth-order valence-electron chi connectivity index (χ4n) is 7.78. The molecule has 3 saturated carbocycles. The maximum atomic E-state index is 13.1. The van der Waals surface area contributed by atoms with Gasteiger partial charge in [0.05, 0.1) is 6.04 Å². The number of halogens is 3. The van der Waals surface area contributed by atoms with E-state index in [1.165, 1.54) is 6.92 Å². The Hall–Kier alpha value is -1.53. The smallest absolute Gasteiger partial charge is 0.353 e. The molecule has 3 unspecified atom stereocenters. The van der Waals surface area contributed by atoms with E-state index in [2.05, 4.69) is 31.1 Å². The molecule has 2 N–H and O–H groups in total. The summed E-state index contributed by atoms with van der Waals surface area (Å²) in [5.74, 6) is 1.13. The minimum atomic E-state index is -4.50. The van der Waals surface area contributed by atoms with Gasteiger partial charge in [0.1, 0.15) is 0 Å². The molecule has 0 spiro atoms. The van der Waals surface area contributed by atoms with Crippen molar-refractivity contribution in [1.82, 2.24) is 10.6 Å². The Labute approximate surface area is 182 Å². The molecule has 3 aliphatic carbocycles. The number of fused-ring (bicyclic) bond motifs is 5. The standard InChI is InChI=1S/C24H35F3N2O2/c1-13(24(25,26)27)14(2)28-21(31)18-7-6-16-15-5-8-19-23(4,12-10-20(30)29-19)17(15)9-11-22(16,18)3/h14-19H,1,5-12H2,2-4H3,(H,28,31)(H,29,30)/t14?,15-,16-,17+,18?,19?,22-,23+/m0/s1. The summed E-state index contributed by atoms with van der Waals surface area (Å²) < 4.78 is 38.9. The number of amides is 2. The van der Waals surface area contributed by atoms with Crippen molar-refractivity contribution < 1.29 is 22.8 Å². The molecule has 1 aliphatic heterocycles. The normalized spacial score (nSPS) is 43.2. The number of alkyl halides is 3. The van der Waals surface area contributed by atoms with Crippen LogP contribution in [0.15, 0.2) is 12.2 Å². The van der Waals surface area contributed by atoms with Crippen LogP contribution in [0.1, 0.15) is 72.1 Å². The number of carbonyl (C=O) groups is 2. The van der Waals surface area contributed by atoms with E-state index >= 15 is 0 Å². The Kier molecular flexibility index (Phi) is 5.49. The quantitative estimate of drug-likeness (QED) is 0.623. The molecule has 0 bridgehead atoms.